The Morgan fingerprint density at radius 1 is 1.09 bits per heavy atom. The lowest BCUT2D eigenvalue weighted by Crippen LogP contribution is -2.44. The van der Waals surface area contributed by atoms with E-state index in [1.807, 2.05) is 6.07 Å². The predicted molar refractivity (Wildman–Crippen MR) is 123 cm³/mol. The van der Waals surface area contributed by atoms with Gasteiger partial charge in [0.25, 0.3) is 11.8 Å². The number of alkyl halides is 3. The Morgan fingerprint density at radius 3 is 2.49 bits per heavy atom. The van der Waals surface area contributed by atoms with E-state index in [1.165, 1.54) is 25.3 Å². The van der Waals surface area contributed by atoms with Gasteiger partial charge in [-0.2, -0.15) is 13.2 Å². The number of amides is 3. The Bertz CT molecular complexity index is 1220. The van der Waals surface area contributed by atoms with Crippen LogP contribution < -0.4 is 16.1 Å². The van der Waals surface area contributed by atoms with Crippen LogP contribution in [0.4, 0.5) is 23.8 Å². The van der Waals surface area contributed by atoms with E-state index in [9.17, 15) is 27.6 Å². The molecule has 0 spiro atoms. The van der Waals surface area contributed by atoms with Crippen LogP contribution in [0.3, 0.4) is 0 Å². The molecule has 0 bridgehead atoms. The van der Waals surface area contributed by atoms with E-state index >= 15 is 0 Å². The normalized spacial score (nSPS) is 11.9. The number of anilines is 1. The van der Waals surface area contributed by atoms with Crippen molar-refractivity contribution in [3.8, 4) is 0 Å². The molecular weight excluding hydrogens is 535 g/mol. The lowest BCUT2D eigenvalue weighted by atomic mass is 10.2. The van der Waals surface area contributed by atoms with E-state index in [1.54, 1.807) is 24.3 Å². The second kappa shape index (κ2) is 11.0. The highest BCUT2D eigenvalue weighted by Crippen LogP contribution is 2.28. The molecule has 2 aromatic heterocycles. The highest BCUT2D eigenvalue weighted by atomic mass is 79.9. The Kier molecular flexibility index (Phi) is 8.12. The number of nitrogens with zero attached hydrogens (tertiary/aromatic N) is 2. The van der Waals surface area contributed by atoms with Gasteiger partial charge >= 0.3 is 12.3 Å². The van der Waals surface area contributed by atoms with Crippen LogP contribution >= 0.6 is 15.9 Å². The Balaban J connectivity index is 1.61. The number of ether oxygens (including phenoxy) is 1. The van der Waals surface area contributed by atoms with Gasteiger partial charge in [-0.25, -0.2) is 9.78 Å². The quantitative estimate of drug-likeness (QED) is 0.403. The zero-order valence-corrected chi connectivity index (χ0v) is 19.7. The average molecular weight is 554 g/mol. The summed E-state index contributed by atoms with van der Waals surface area (Å²) in [4.78, 5) is 40.6. The molecule has 0 radical (unpaired) electrons. The zero-order valence-electron chi connectivity index (χ0n) is 18.1. The second-order valence-electron chi connectivity index (χ2n) is 7.15. The van der Waals surface area contributed by atoms with Crippen LogP contribution in [0.5, 0.6) is 0 Å². The molecule has 35 heavy (non-hydrogen) atoms. The first-order valence-electron chi connectivity index (χ1n) is 10.0. The summed E-state index contributed by atoms with van der Waals surface area (Å²) in [6.45, 7) is 1.42. The van der Waals surface area contributed by atoms with Crippen LogP contribution in [0.1, 0.15) is 28.7 Å². The van der Waals surface area contributed by atoms with Crippen LogP contribution in [0.15, 0.2) is 65.3 Å². The van der Waals surface area contributed by atoms with Crippen molar-refractivity contribution >= 4 is 39.7 Å². The topological polar surface area (TPSA) is 114 Å². The number of hydrogen-bond acceptors (Lipinski definition) is 5. The Labute approximate surface area is 205 Å². The number of carbonyl (C=O) groups excluding carboxylic acids is 3. The number of nitrogens with one attached hydrogen (secondary N) is 3. The highest BCUT2D eigenvalue weighted by molar-refractivity contribution is 9.10. The average Bonchev–Trinajstić information content (AvgIpc) is 3.17. The van der Waals surface area contributed by atoms with Crippen LogP contribution in [0.25, 0.3) is 0 Å². The van der Waals surface area contributed by atoms with Gasteiger partial charge in [0.15, 0.2) is 0 Å². The molecule has 13 heteroatoms. The number of alkyl carbamates (subject to hydrolysis) is 1. The van der Waals surface area contributed by atoms with Gasteiger partial charge in [0.05, 0.1) is 4.47 Å². The summed E-state index contributed by atoms with van der Waals surface area (Å²) >= 11 is 3.16. The third kappa shape index (κ3) is 7.06. The first-order valence-corrected chi connectivity index (χ1v) is 10.8. The minimum Gasteiger partial charge on any atom is -0.445 e. The monoisotopic (exact) mass is 553 g/mol. The SMILES string of the molecule is C[C@H](NC(=O)OCc1ccccc1)C(=O)Nn1ccc(Br)c1C(=O)Nc1cccc(C(F)(F)F)n1. The smallest absolute Gasteiger partial charge is 0.433 e. The third-order valence-corrected chi connectivity index (χ3v) is 5.14. The largest absolute Gasteiger partial charge is 0.445 e. The molecule has 3 amide bonds. The summed E-state index contributed by atoms with van der Waals surface area (Å²) in [5.41, 5.74) is 1.91. The maximum atomic E-state index is 12.9. The summed E-state index contributed by atoms with van der Waals surface area (Å²) in [6, 6.07) is 12.4. The van der Waals surface area contributed by atoms with Crippen molar-refractivity contribution in [2.45, 2.75) is 25.7 Å². The van der Waals surface area contributed by atoms with Crippen molar-refractivity contribution in [2.24, 2.45) is 0 Å². The molecule has 1 aromatic carbocycles. The van der Waals surface area contributed by atoms with E-state index in [2.05, 4.69) is 37.0 Å². The maximum absolute atomic E-state index is 12.9. The second-order valence-corrected chi connectivity index (χ2v) is 8.00. The minimum atomic E-state index is -4.68. The predicted octanol–water partition coefficient (Wildman–Crippen LogP) is 4.30. The van der Waals surface area contributed by atoms with Gasteiger partial charge in [-0.15, -0.1) is 0 Å². The number of benzene rings is 1. The van der Waals surface area contributed by atoms with Crippen molar-refractivity contribution in [3.05, 3.63) is 82.2 Å². The molecule has 9 nitrogen and oxygen atoms in total. The Hall–Kier alpha value is -3.87. The molecule has 184 valence electrons. The van der Waals surface area contributed by atoms with Crippen molar-refractivity contribution in [1.29, 1.82) is 0 Å². The third-order valence-electron chi connectivity index (χ3n) is 4.50. The molecule has 0 saturated heterocycles. The fraction of sp³-hybridized carbons (Fsp3) is 0.182. The van der Waals surface area contributed by atoms with Gasteiger partial charge in [0.1, 0.15) is 29.9 Å². The summed E-state index contributed by atoms with van der Waals surface area (Å²) in [5.74, 6) is -1.85. The molecule has 3 aromatic rings. The number of rotatable bonds is 7. The number of carbonyl (C=O) groups is 3. The van der Waals surface area contributed by atoms with Crippen molar-refractivity contribution in [3.63, 3.8) is 0 Å². The lowest BCUT2D eigenvalue weighted by molar-refractivity contribution is -0.141. The summed E-state index contributed by atoms with van der Waals surface area (Å²) in [7, 11) is 0. The molecule has 0 unspecified atom stereocenters. The molecule has 0 aliphatic rings. The van der Waals surface area contributed by atoms with Crippen molar-refractivity contribution in [1.82, 2.24) is 15.0 Å². The van der Waals surface area contributed by atoms with E-state index in [0.29, 0.717) is 0 Å². The molecule has 0 aliphatic heterocycles. The number of halogens is 4. The van der Waals surface area contributed by atoms with Gasteiger partial charge in [-0.05, 0) is 46.6 Å². The molecule has 0 aliphatic carbocycles. The molecule has 3 rings (SSSR count). The van der Waals surface area contributed by atoms with E-state index in [-0.39, 0.29) is 22.6 Å². The van der Waals surface area contributed by atoms with Gasteiger partial charge < -0.3 is 15.4 Å². The minimum absolute atomic E-state index is 0.0133. The highest BCUT2D eigenvalue weighted by Gasteiger charge is 2.32. The van der Waals surface area contributed by atoms with E-state index in [4.69, 9.17) is 4.74 Å². The maximum Gasteiger partial charge on any atom is 0.433 e. The van der Waals surface area contributed by atoms with Crippen molar-refractivity contribution < 1.29 is 32.3 Å². The van der Waals surface area contributed by atoms with Crippen LogP contribution in [-0.4, -0.2) is 33.6 Å². The van der Waals surface area contributed by atoms with E-state index < -0.39 is 35.8 Å². The molecule has 0 saturated carbocycles. The van der Waals surface area contributed by atoms with Crippen LogP contribution in [0, 0.1) is 0 Å². The molecule has 1 atom stereocenters. The molecule has 2 heterocycles. The molecule has 0 fully saturated rings. The number of aromatic nitrogens is 2. The summed E-state index contributed by atoms with van der Waals surface area (Å²) < 4.78 is 45.0. The van der Waals surface area contributed by atoms with Gasteiger partial charge in [-0.1, -0.05) is 36.4 Å². The molecular formula is C22H19BrF3N5O4. The lowest BCUT2D eigenvalue weighted by Gasteiger charge is -2.16. The standard InChI is InChI=1S/C22H19BrF3N5O4/c1-13(27-21(34)35-12-14-6-3-2-4-7-14)19(32)30-31-11-10-15(23)18(31)20(33)29-17-9-5-8-16(28-17)22(24,25)26/h2-11,13H,12H2,1H3,(H,27,34)(H,30,32)(H,28,29,33)/t13-/m0/s1. The summed E-state index contributed by atoms with van der Waals surface area (Å²) in [5, 5.41) is 4.63. The van der Waals surface area contributed by atoms with Gasteiger partial charge in [0, 0.05) is 6.20 Å². The van der Waals surface area contributed by atoms with Gasteiger partial charge in [0.2, 0.25) is 0 Å². The Morgan fingerprint density at radius 2 is 1.80 bits per heavy atom. The molecule has 3 N–H and O–H groups in total. The number of pyridine rings is 1. The first kappa shape index (κ1) is 25.7. The fourth-order valence-corrected chi connectivity index (χ4v) is 3.27. The van der Waals surface area contributed by atoms with Crippen LogP contribution in [-0.2, 0) is 22.3 Å². The first-order chi connectivity index (χ1) is 16.5. The fourth-order valence-electron chi connectivity index (χ4n) is 2.78. The number of hydrogen-bond donors (Lipinski definition) is 3. The van der Waals surface area contributed by atoms with Crippen molar-refractivity contribution in [2.75, 3.05) is 10.7 Å². The van der Waals surface area contributed by atoms with Gasteiger partial charge in [-0.3, -0.25) is 19.7 Å². The summed E-state index contributed by atoms with van der Waals surface area (Å²) in [6.07, 6.45) is -4.16. The van der Waals surface area contributed by atoms with E-state index in [0.717, 1.165) is 22.4 Å². The zero-order chi connectivity index (χ0) is 25.6. The van der Waals surface area contributed by atoms with Crippen LogP contribution in [0.2, 0.25) is 0 Å².